The highest BCUT2D eigenvalue weighted by molar-refractivity contribution is 9.10. The monoisotopic (exact) mass is 357 g/mol. The molecule has 0 aliphatic carbocycles. The highest BCUT2D eigenvalue weighted by Gasteiger charge is 2.25. The van der Waals surface area contributed by atoms with E-state index in [1.54, 1.807) is 0 Å². The molecule has 0 saturated heterocycles. The molecule has 1 atom stereocenters. The number of halogens is 1. The van der Waals surface area contributed by atoms with E-state index in [9.17, 15) is 0 Å². The molecular weight excluding hydrogens is 334 g/mol. The Morgan fingerprint density at radius 3 is 2.62 bits per heavy atom. The lowest BCUT2D eigenvalue weighted by atomic mass is 10.0. The molecular formula is C16H24BrNO3. The van der Waals surface area contributed by atoms with Gasteiger partial charge in [-0.1, -0.05) is 15.9 Å². The number of nitrogens with one attached hydrogen (secondary N) is 1. The van der Waals surface area contributed by atoms with Gasteiger partial charge < -0.3 is 19.5 Å². The van der Waals surface area contributed by atoms with E-state index in [0.717, 1.165) is 29.7 Å². The van der Waals surface area contributed by atoms with Gasteiger partial charge in [0.15, 0.2) is 6.29 Å². The smallest absolute Gasteiger partial charge is 0.172 e. The summed E-state index contributed by atoms with van der Waals surface area (Å²) in [6, 6.07) is 4.36. The van der Waals surface area contributed by atoms with Crippen molar-refractivity contribution in [2.24, 2.45) is 0 Å². The van der Waals surface area contributed by atoms with E-state index in [-0.39, 0.29) is 12.3 Å². The number of benzene rings is 1. The van der Waals surface area contributed by atoms with Gasteiger partial charge in [-0.15, -0.1) is 0 Å². The molecule has 1 heterocycles. The Labute approximate surface area is 135 Å². The fourth-order valence-corrected chi connectivity index (χ4v) is 3.23. The summed E-state index contributed by atoms with van der Waals surface area (Å²) in [6.45, 7) is 6.01. The summed E-state index contributed by atoms with van der Waals surface area (Å²) in [4.78, 5) is 0. The molecule has 0 amide bonds. The normalized spacial score (nSPS) is 15.1. The number of likely N-dealkylation sites (N-methyl/N-ethyl adjacent to an activating group) is 1. The van der Waals surface area contributed by atoms with Gasteiger partial charge in [-0.3, -0.25) is 0 Å². The van der Waals surface area contributed by atoms with Crippen LogP contribution < -0.4 is 10.1 Å². The van der Waals surface area contributed by atoms with Crippen LogP contribution in [-0.2, 0) is 22.3 Å². The highest BCUT2D eigenvalue weighted by Crippen LogP contribution is 2.34. The fourth-order valence-electron chi connectivity index (χ4n) is 2.68. The first-order valence-electron chi connectivity index (χ1n) is 7.54. The first-order valence-corrected chi connectivity index (χ1v) is 8.33. The Morgan fingerprint density at radius 2 is 2.00 bits per heavy atom. The number of hydrogen-bond acceptors (Lipinski definition) is 4. The third-order valence-corrected chi connectivity index (χ3v) is 4.08. The summed E-state index contributed by atoms with van der Waals surface area (Å²) >= 11 is 3.59. The van der Waals surface area contributed by atoms with Gasteiger partial charge in [-0.25, -0.2) is 0 Å². The van der Waals surface area contributed by atoms with Gasteiger partial charge in [0.1, 0.15) is 5.75 Å². The molecule has 0 bridgehead atoms. The minimum atomic E-state index is -0.249. The third-order valence-electron chi connectivity index (χ3n) is 3.63. The average Bonchev–Trinajstić information content (AvgIpc) is 2.92. The van der Waals surface area contributed by atoms with Gasteiger partial charge in [-0.2, -0.15) is 0 Å². The molecule has 0 saturated carbocycles. The second-order valence-electron chi connectivity index (χ2n) is 5.03. The average molecular weight is 358 g/mol. The standard InChI is InChI=1S/C16H24BrNO3/c1-4-19-16(20-5-2)14(18-3)10-12-9-13(17)8-11-6-7-21-15(11)12/h8-9,14,16,18H,4-7,10H2,1-3H3. The van der Waals surface area contributed by atoms with Crippen LogP contribution in [0.2, 0.25) is 0 Å². The summed E-state index contributed by atoms with van der Waals surface area (Å²) in [5.41, 5.74) is 2.47. The molecule has 0 radical (unpaired) electrons. The van der Waals surface area contributed by atoms with Crippen LogP contribution >= 0.6 is 15.9 Å². The molecule has 1 unspecified atom stereocenters. The number of fused-ring (bicyclic) bond motifs is 1. The third kappa shape index (κ3) is 4.19. The Morgan fingerprint density at radius 1 is 1.29 bits per heavy atom. The summed E-state index contributed by atoms with van der Waals surface area (Å²) < 4.78 is 18.3. The van der Waals surface area contributed by atoms with Crippen molar-refractivity contribution >= 4 is 15.9 Å². The molecule has 1 aliphatic heterocycles. The number of hydrogen-bond donors (Lipinski definition) is 1. The summed E-state index contributed by atoms with van der Waals surface area (Å²) in [5, 5.41) is 3.31. The van der Waals surface area contributed by atoms with Crippen molar-refractivity contribution in [3.05, 3.63) is 27.7 Å². The minimum absolute atomic E-state index is 0.0903. The van der Waals surface area contributed by atoms with Crippen LogP contribution in [0.5, 0.6) is 5.75 Å². The lowest BCUT2D eigenvalue weighted by Gasteiger charge is -2.27. The number of ether oxygens (including phenoxy) is 3. The molecule has 118 valence electrons. The molecule has 4 nitrogen and oxygen atoms in total. The molecule has 0 spiro atoms. The molecule has 1 aromatic carbocycles. The maximum absolute atomic E-state index is 5.80. The first-order chi connectivity index (χ1) is 10.2. The van der Waals surface area contributed by atoms with E-state index in [4.69, 9.17) is 14.2 Å². The topological polar surface area (TPSA) is 39.7 Å². The van der Waals surface area contributed by atoms with Crippen molar-refractivity contribution in [3.63, 3.8) is 0 Å². The first kappa shape index (κ1) is 16.7. The predicted molar refractivity (Wildman–Crippen MR) is 86.9 cm³/mol. The Balaban J connectivity index is 2.18. The van der Waals surface area contributed by atoms with Gasteiger partial charge in [0.05, 0.1) is 12.6 Å². The van der Waals surface area contributed by atoms with Crippen LogP contribution in [0.3, 0.4) is 0 Å². The van der Waals surface area contributed by atoms with Crippen molar-refractivity contribution < 1.29 is 14.2 Å². The molecule has 1 aromatic rings. The van der Waals surface area contributed by atoms with Crippen LogP contribution in [0, 0.1) is 0 Å². The van der Waals surface area contributed by atoms with E-state index >= 15 is 0 Å². The second-order valence-corrected chi connectivity index (χ2v) is 5.95. The zero-order valence-corrected chi connectivity index (χ0v) is 14.5. The summed E-state index contributed by atoms with van der Waals surface area (Å²) in [7, 11) is 1.94. The Hall–Kier alpha value is -0.620. The van der Waals surface area contributed by atoms with E-state index in [1.165, 1.54) is 11.1 Å². The van der Waals surface area contributed by atoms with Gasteiger partial charge in [-0.05, 0) is 50.6 Å². The van der Waals surface area contributed by atoms with Gasteiger partial charge in [0.2, 0.25) is 0 Å². The summed E-state index contributed by atoms with van der Waals surface area (Å²) in [5.74, 6) is 1.03. The SMILES string of the molecule is CCOC(OCC)C(Cc1cc(Br)cc2c1OCC2)NC. The van der Waals surface area contributed by atoms with Crippen molar-refractivity contribution in [2.75, 3.05) is 26.9 Å². The van der Waals surface area contributed by atoms with Crippen LogP contribution in [0.15, 0.2) is 16.6 Å². The maximum Gasteiger partial charge on any atom is 0.172 e. The van der Waals surface area contributed by atoms with Gasteiger partial charge in [0, 0.05) is 24.1 Å². The largest absolute Gasteiger partial charge is 0.493 e. The van der Waals surface area contributed by atoms with E-state index in [1.807, 2.05) is 20.9 Å². The molecule has 2 rings (SSSR count). The van der Waals surface area contributed by atoms with Crippen molar-refractivity contribution in [1.82, 2.24) is 5.32 Å². The second kappa shape index (κ2) is 8.13. The molecule has 0 aromatic heterocycles. The Kier molecular flexibility index (Phi) is 6.48. The van der Waals surface area contributed by atoms with Crippen molar-refractivity contribution in [2.45, 2.75) is 39.0 Å². The van der Waals surface area contributed by atoms with Gasteiger partial charge >= 0.3 is 0 Å². The van der Waals surface area contributed by atoms with E-state index in [2.05, 4.69) is 33.4 Å². The lowest BCUT2D eigenvalue weighted by molar-refractivity contribution is -0.152. The van der Waals surface area contributed by atoms with Crippen LogP contribution in [0.4, 0.5) is 0 Å². The summed E-state index contributed by atoms with van der Waals surface area (Å²) in [6.07, 6.45) is 1.54. The van der Waals surface area contributed by atoms with Crippen molar-refractivity contribution in [3.8, 4) is 5.75 Å². The zero-order valence-electron chi connectivity index (χ0n) is 12.9. The van der Waals surface area contributed by atoms with E-state index in [0.29, 0.717) is 13.2 Å². The van der Waals surface area contributed by atoms with Crippen molar-refractivity contribution in [1.29, 1.82) is 0 Å². The minimum Gasteiger partial charge on any atom is -0.493 e. The van der Waals surface area contributed by atoms with Crippen LogP contribution in [-0.4, -0.2) is 39.2 Å². The molecule has 0 fully saturated rings. The predicted octanol–water partition coefficient (Wildman–Crippen LogP) is 2.91. The number of rotatable bonds is 8. The lowest BCUT2D eigenvalue weighted by Crippen LogP contribution is -2.43. The molecule has 1 aliphatic rings. The van der Waals surface area contributed by atoms with Crippen LogP contribution in [0.1, 0.15) is 25.0 Å². The molecule has 5 heteroatoms. The molecule has 1 N–H and O–H groups in total. The van der Waals surface area contributed by atoms with Gasteiger partial charge in [0.25, 0.3) is 0 Å². The van der Waals surface area contributed by atoms with E-state index < -0.39 is 0 Å². The Bertz CT molecular complexity index is 461. The van der Waals surface area contributed by atoms with Crippen LogP contribution in [0.25, 0.3) is 0 Å². The highest BCUT2D eigenvalue weighted by atomic mass is 79.9. The maximum atomic E-state index is 5.80. The molecule has 21 heavy (non-hydrogen) atoms. The quantitative estimate of drug-likeness (QED) is 0.726. The zero-order chi connectivity index (χ0) is 15.2. The fraction of sp³-hybridized carbons (Fsp3) is 0.625.